The van der Waals surface area contributed by atoms with Gasteiger partial charge in [0.15, 0.2) is 0 Å². The summed E-state index contributed by atoms with van der Waals surface area (Å²) in [7, 11) is 1.71. The minimum atomic E-state index is 0.872. The molecule has 0 radical (unpaired) electrons. The number of aryl methyl sites for hydroxylation is 1. The van der Waals surface area contributed by atoms with Gasteiger partial charge in [-0.3, -0.25) is 0 Å². The number of hydrogen-bond donors (Lipinski definition) is 0. The topological polar surface area (TPSA) is 9.23 Å². The number of hydrogen-bond acceptors (Lipinski definition) is 2. The van der Waals surface area contributed by atoms with Crippen molar-refractivity contribution >= 4 is 37.4 Å². The van der Waals surface area contributed by atoms with Crippen LogP contribution in [0.2, 0.25) is 0 Å². The molecule has 0 saturated carbocycles. The van der Waals surface area contributed by atoms with E-state index in [0.29, 0.717) is 0 Å². The van der Waals surface area contributed by atoms with Crippen LogP contribution in [0, 0.1) is 6.92 Å². The van der Waals surface area contributed by atoms with Crippen LogP contribution in [0.4, 0.5) is 0 Å². The molecular formula is C11H11BrOS. The van der Waals surface area contributed by atoms with Crippen LogP contribution in [0.15, 0.2) is 18.2 Å². The Morgan fingerprint density at radius 1 is 1.36 bits per heavy atom. The quantitative estimate of drug-likeness (QED) is 0.747. The fourth-order valence-corrected chi connectivity index (χ4v) is 3.00. The van der Waals surface area contributed by atoms with Gasteiger partial charge in [-0.05, 0) is 36.1 Å². The van der Waals surface area contributed by atoms with Gasteiger partial charge in [0.05, 0.1) is 7.11 Å². The minimum absolute atomic E-state index is 0.872. The SMILES string of the molecule is COc1cc(CBr)c2cc(C)sc2c1. The highest BCUT2D eigenvalue weighted by atomic mass is 79.9. The van der Waals surface area contributed by atoms with Crippen LogP contribution in [0.5, 0.6) is 5.75 Å². The molecule has 0 amide bonds. The summed E-state index contributed by atoms with van der Waals surface area (Å²) in [5, 5.41) is 2.21. The fraction of sp³-hybridized carbons (Fsp3) is 0.273. The maximum atomic E-state index is 5.26. The normalized spacial score (nSPS) is 10.8. The van der Waals surface area contributed by atoms with Gasteiger partial charge in [0.2, 0.25) is 0 Å². The lowest BCUT2D eigenvalue weighted by Crippen LogP contribution is -1.85. The monoisotopic (exact) mass is 270 g/mol. The second-order valence-corrected chi connectivity index (χ2v) is 5.04. The number of methoxy groups -OCH3 is 1. The van der Waals surface area contributed by atoms with Crippen LogP contribution < -0.4 is 4.74 Å². The minimum Gasteiger partial charge on any atom is -0.497 e. The predicted molar refractivity (Wildman–Crippen MR) is 65.7 cm³/mol. The van der Waals surface area contributed by atoms with Crippen molar-refractivity contribution in [2.75, 3.05) is 7.11 Å². The van der Waals surface area contributed by atoms with E-state index >= 15 is 0 Å². The molecule has 1 nitrogen and oxygen atoms in total. The van der Waals surface area contributed by atoms with E-state index < -0.39 is 0 Å². The van der Waals surface area contributed by atoms with Gasteiger partial charge in [-0.2, -0.15) is 0 Å². The Labute approximate surface area is 95.8 Å². The van der Waals surface area contributed by atoms with E-state index in [2.05, 4.69) is 41.1 Å². The van der Waals surface area contributed by atoms with Crippen molar-refractivity contribution in [2.45, 2.75) is 12.3 Å². The molecule has 1 aromatic carbocycles. The highest BCUT2D eigenvalue weighted by Gasteiger charge is 2.06. The average Bonchev–Trinajstić information content (AvgIpc) is 2.56. The van der Waals surface area contributed by atoms with E-state index in [0.717, 1.165) is 11.1 Å². The van der Waals surface area contributed by atoms with Gasteiger partial charge < -0.3 is 4.74 Å². The van der Waals surface area contributed by atoms with Gasteiger partial charge in [0, 0.05) is 14.9 Å². The first-order valence-electron chi connectivity index (χ1n) is 4.37. The molecule has 0 saturated heterocycles. The molecule has 0 unspecified atom stereocenters. The van der Waals surface area contributed by atoms with Crippen molar-refractivity contribution < 1.29 is 4.74 Å². The summed E-state index contributed by atoms with van der Waals surface area (Å²) < 4.78 is 6.56. The largest absolute Gasteiger partial charge is 0.497 e. The Morgan fingerprint density at radius 2 is 2.14 bits per heavy atom. The van der Waals surface area contributed by atoms with Gasteiger partial charge in [-0.1, -0.05) is 15.9 Å². The summed E-state index contributed by atoms with van der Waals surface area (Å²) in [5.74, 6) is 0.939. The number of alkyl halides is 1. The zero-order chi connectivity index (χ0) is 10.1. The maximum Gasteiger partial charge on any atom is 0.120 e. The lowest BCUT2D eigenvalue weighted by Gasteiger charge is -2.03. The summed E-state index contributed by atoms with van der Waals surface area (Å²) in [6.07, 6.45) is 0. The Hall–Kier alpha value is -0.540. The van der Waals surface area contributed by atoms with E-state index in [-0.39, 0.29) is 0 Å². The van der Waals surface area contributed by atoms with Gasteiger partial charge in [0.25, 0.3) is 0 Å². The summed E-state index contributed by atoms with van der Waals surface area (Å²) in [6, 6.07) is 6.42. The molecule has 3 heteroatoms. The highest BCUT2D eigenvalue weighted by Crippen LogP contribution is 2.32. The molecule has 2 aromatic rings. The summed E-state index contributed by atoms with van der Waals surface area (Å²) in [4.78, 5) is 1.34. The smallest absolute Gasteiger partial charge is 0.120 e. The first-order valence-corrected chi connectivity index (χ1v) is 6.31. The van der Waals surface area contributed by atoms with Crippen LogP contribution in [0.3, 0.4) is 0 Å². The zero-order valence-electron chi connectivity index (χ0n) is 8.13. The van der Waals surface area contributed by atoms with Gasteiger partial charge in [0.1, 0.15) is 5.75 Å². The van der Waals surface area contributed by atoms with Crippen LogP contribution in [0.1, 0.15) is 10.4 Å². The first-order chi connectivity index (χ1) is 6.74. The molecule has 0 bridgehead atoms. The average molecular weight is 271 g/mol. The third kappa shape index (κ3) is 1.66. The molecule has 74 valence electrons. The Morgan fingerprint density at radius 3 is 2.79 bits per heavy atom. The molecule has 1 aromatic heterocycles. The van der Waals surface area contributed by atoms with Crippen molar-refractivity contribution in [3.05, 3.63) is 28.6 Å². The van der Waals surface area contributed by atoms with Crippen LogP contribution in [-0.4, -0.2) is 7.11 Å². The zero-order valence-corrected chi connectivity index (χ0v) is 10.5. The fourth-order valence-electron chi connectivity index (χ4n) is 1.54. The van der Waals surface area contributed by atoms with Crippen molar-refractivity contribution in [2.24, 2.45) is 0 Å². The molecule has 0 aliphatic rings. The first kappa shape index (κ1) is 9.99. The number of ether oxygens (including phenoxy) is 1. The van der Waals surface area contributed by atoms with Crippen molar-refractivity contribution in [1.29, 1.82) is 0 Å². The van der Waals surface area contributed by atoms with E-state index in [4.69, 9.17) is 4.74 Å². The molecule has 0 N–H and O–H groups in total. The summed E-state index contributed by atoms with van der Waals surface area (Å²) >= 11 is 5.31. The van der Waals surface area contributed by atoms with E-state index in [1.54, 1.807) is 7.11 Å². The van der Waals surface area contributed by atoms with E-state index in [1.807, 2.05) is 11.3 Å². The number of benzene rings is 1. The number of halogens is 1. The summed E-state index contributed by atoms with van der Waals surface area (Å²) in [6.45, 7) is 2.13. The number of fused-ring (bicyclic) bond motifs is 1. The van der Waals surface area contributed by atoms with E-state index in [9.17, 15) is 0 Å². The van der Waals surface area contributed by atoms with Gasteiger partial charge in [-0.25, -0.2) is 0 Å². The molecule has 0 atom stereocenters. The molecule has 1 heterocycles. The third-order valence-electron chi connectivity index (χ3n) is 2.20. The number of thiophene rings is 1. The summed E-state index contributed by atoms with van der Waals surface area (Å²) in [5.41, 5.74) is 1.30. The van der Waals surface area contributed by atoms with Crippen LogP contribution >= 0.6 is 27.3 Å². The molecule has 14 heavy (non-hydrogen) atoms. The van der Waals surface area contributed by atoms with Crippen molar-refractivity contribution in [1.82, 2.24) is 0 Å². The molecular weight excluding hydrogens is 260 g/mol. The Bertz CT molecular complexity index is 462. The highest BCUT2D eigenvalue weighted by molar-refractivity contribution is 9.08. The van der Waals surface area contributed by atoms with Gasteiger partial charge in [-0.15, -0.1) is 11.3 Å². The molecule has 0 spiro atoms. The third-order valence-corrected chi connectivity index (χ3v) is 3.80. The van der Waals surface area contributed by atoms with Crippen LogP contribution in [0.25, 0.3) is 10.1 Å². The van der Waals surface area contributed by atoms with Crippen molar-refractivity contribution in [3.8, 4) is 5.75 Å². The Kier molecular flexibility index (Phi) is 2.79. The second kappa shape index (κ2) is 3.91. The number of rotatable bonds is 2. The Balaban J connectivity index is 2.72. The molecule has 2 rings (SSSR count). The lowest BCUT2D eigenvalue weighted by atomic mass is 10.1. The second-order valence-electron chi connectivity index (χ2n) is 3.19. The standard InChI is InChI=1S/C11H11BrOS/c1-7-3-10-8(6-12)4-9(13-2)5-11(10)14-7/h3-5H,6H2,1-2H3. The van der Waals surface area contributed by atoms with E-state index in [1.165, 1.54) is 20.5 Å². The van der Waals surface area contributed by atoms with Gasteiger partial charge >= 0.3 is 0 Å². The molecule has 0 aliphatic heterocycles. The maximum absolute atomic E-state index is 5.26. The predicted octanol–water partition coefficient (Wildman–Crippen LogP) is 4.11. The van der Waals surface area contributed by atoms with Crippen LogP contribution in [-0.2, 0) is 5.33 Å². The van der Waals surface area contributed by atoms with Crippen molar-refractivity contribution in [3.63, 3.8) is 0 Å². The molecule has 0 aliphatic carbocycles. The molecule has 0 fully saturated rings. The lowest BCUT2D eigenvalue weighted by molar-refractivity contribution is 0.415.